The first-order valence-corrected chi connectivity index (χ1v) is 9.49. The zero-order valence-corrected chi connectivity index (χ0v) is 16.9. The number of hydrogen-bond acceptors (Lipinski definition) is 6. The van der Waals surface area contributed by atoms with Crippen LogP contribution in [0.5, 0.6) is 6.01 Å². The zero-order valence-electron chi connectivity index (χ0n) is 16.9. The van der Waals surface area contributed by atoms with E-state index in [-0.39, 0.29) is 24.3 Å². The molecule has 3 aromatic rings. The second-order valence-corrected chi connectivity index (χ2v) is 7.05. The Morgan fingerprint density at radius 1 is 0.968 bits per heavy atom. The standard InChI is InChI=1S/C21H21F4N5O/c1-13(2)15-4-3-5-17(10-15)27-19-28-18(26-11-14-6-8-16(22)9-7-14)29-20(30-19)31-12-21(23,24)25/h3-10,13H,11-12H2,1-2H3,(H2,26,27,28,29,30). The molecule has 0 aliphatic carbocycles. The lowest BCUT2D eigenvalue weighted by atomic mass is 10.0. The number of hydrogen-bond donors (Lipinski definition) is 2. The first kappa shape index (κ1) is 22.3. The van der Waals surface area contributed by atoms with E-state index < -0.39 is 18.8 Å². The Morgan fingerprint density at radius 3 is 2.35 bits per heavy atom. The average molecular weight is 435 g/mol. The molecule has 2 N–H and O–H groups in total. The quantitative estimate of drug-likeness (QED) is 0.460. The van der Waals surface area contributed by atoms with Crippen LogP contribution in [0.15, 0.2) is 48.5 Å². The van der Waals surface area contributed by atoms with Crippen molar-refractivity contribution < 1.29 is 22.3 Å². The molecule has 0 saturated heterocycles. The summed E-state index contributed by atoms with van der Waals surface area (Å²) in [5.74, 6) is -0.0470. The van der Waals surface area contributed by atoms with E-state index in [2.05, 4.69) is 25.6 Å². The van der Waals surface area contributed by atoms with Crippen molar-refractivity contribution in [3.8, 4) is 6.01 Å². The van der Waals surface area contributed by atoms with Gasteiger partial charge >= 0.3 is 12.2 Å². The van der Waals surface area contributed by atoms with Crippen LogP contribution in [-0.2, 0) is 6.54 Å². The molecule has 0 bridgehead atoms. The van der Waals surface area contributed by atoms with Crippen molar-refractivity contribution in [2.45, 2.75) is 32.5 Å². The molecule has 0 atom stereocenters. The second kappa shape index (κ2) is 9.59. The fourth-order valence-electron chi connectivity index (χ4n) is 2.59. The van der Waals surface area contributed by atoms with Gasteiger partial charge in [0.2, 0.25) is 11.9 Å². The maximum absolute atomic E-state index is 13.1. The van der Waals surface area contributed by atoms with E-state index in [9.17, 15) is 17.6 Å². The van der Waals surface area contributed by atoms with Gasteiger partial charge in [-0.3, -0.25) is 0 Å². The summed E-state index contributed by atoms with van der Waals surface area (Å²) in [6.45, 7) is 2.78. The fourth-order valence-corrected chi connectivity index (χ4v) is 2.59. The first-order valence-electron chi connectivity index (χ1n) is 9.49. The predicted octanol–water partition coefficient (Wildman–Crippen LogP) is 5.43. The highest BCUT2D eigenvalue weighted by Crippen LogP contribution is 2.23. The molecule has 3 rings (SSSR count). The van der Waals surface area contributed by atoms with Crippen molar-refractivity contribution >= 4 is 17.6 Å². The number of anilines is 3. The topological polar surface area (TPSA) is 72.0 Å². The second-order valence-electron chi connectivity index (χ2n) is 7.05. The Kier molecular flexibility index (Phi) is 6.88. The third-order valence-corrected chi connectivity index (χ3v) is 4.15. The molecule has 164 valence electrons. The van der Waals surface area contributed by atoms with Gasteiger partial charge in [-0.2, -0.15) is 28.1 Å². The van der Waals surface area contributed by atoms with Gasteiger partial charge < -0.3 is 15.4 Å². The summed E-state index contributed by atoms with van der Waals surface area (Å²) >= 11 is 0. The number of nitrogens with one attached hydrogen (secondary N) is 2. The normalized spacial score (nSPS) is 11.5. The maximum atomic E-state index is 13.1. The van der Waals surface area contributed by atoms with E-state index in [1.807, 2.05) is 32.0 Å². The maximum Gasteiger partial charge on any atom is 0.422 e. The summed E-state index contributed by atoms with van der Waals surface area (Å²) in [5, 5.41) is 5.86. The number of alkyl halides is 3. The third-order valence-electron chi connectivity index (χ3n) is 4.15. The van der Waals surface area contributed by atoms with Gasteiger partial charge in [0.05, 0.1) is 0 Å². The molecule has 0 aliphatic rings. The molecule has 31 heavy (non-hydrogen) atoms. The van der Waals surface area contributed by atoms with Crippen molar-refractivity contribution in [3.63, 3.8) is 0 Å². The van der Waals surface area contributed by atoms with Crippen molar-refractivity contribution in [3.05, 3.63) is 65.5 Å². The van der Waals surface area contributed by atoms with Crippen LogP contribution in [0.2, 0.25) is 0 Å². The number of ether oxygens (including phenoxy) is 1. The molecular weight excluding hydrogens is 414 g/mol. The lowest BCUT2D eigenvalue weighted by Gasteiger charge is -2.13. The summed E-state index contributed by atoms with van der Waals surface area (Å²) in [6, 6.07) is 12.8. The van der Waals surface area contributed by atoms with E-state index in [0.29, 0.717) is 11.6 Å². The molecule has 1 heterocycles. The number of aromatic nitrogens is 3. The summed E-state index contributed by atoms with van der Waals surface area (Å²) in [4.78, 5) is 12.0. The predicted molar refractivity (Wildman–Crippen MR) is 109 cm³/mol. The van der Waals surface area contributed by atoms with E-state index in [1.54, 1.807) is 18.2 Å². The van der Waals surface area contributed by atoms with Crippen LogP contribution >= 0.6 is 0 Å². The summed E-state index contributed by atoms with van der Waals surface area (Å²) in [7, 11) is 0. The first-order chi connectivity index (χ1) is 14.7. The van der Waals surface area contributed by atoms with Crippen molar-refractivity contribution in [2.24, 2.45) is 0 Å². The largest absolute Gasteiger partial charge is 0.454 e. The Balaban J connectivity index is 1.81. The lowest BCUT2D eigenvalue weighted by Crippen LogP contribution is -2.21. The molecule has 0 aliphatic heterocycles. The minimum absolute atomic E-state index is 0.0130. The summed E-state index contributed by atoms with van der Waals surface area (Å²) < 4.78 is 55.4. The summed E-state index contributed by atoms with van der Waals surface area (Å²) in [5.41, 5.74) is 2.48. The van der Waals surface area contributed by atoms with Gasteiger partial charge in [0.15, 0.2) is 6.61 Å². The van der Waals surface area contributed by atoms with E-state index in [1.165, 1.54) is 12.1 Å². The highest BCUT2D eigenvalue weighted by Gasteiger charge is 2.29. The molecule has 2 aromatic carbocycles. The highest BCUT2D eigenvalue weighted by atomic mass is 19.4. The minimum Gasteiger partial charge on any atom is -0.454 e. The van der Waals surface area contributed by atoms with Crippen LogP contribution in [0.3, 0.4) is 0 Å². The molecule has 0 fully saturated rings. The Hall–Kier alpha value is -3.43. The van der Waals surface area contributed by atoms with Crippen LogP contribution in [0.1, 0.15) is 30.9 Å². The molecule has 0 unspecified atom stereocenters. The SMILES string of the molecule is CC(C)c1cccc(Nc2nc(NCc3ccc(F)cc3)nc(OCC(F)(F)F)n2)c1. The van der Waals surface area contributed by atoms with E-state index in [0.717, 1.165) is 11.1 Å². The van der Waals surface area contributed by atoms with Crippen molar-refractivity contribution in [1.29, 1.82) is 0 Å². The highest BCUT2D eigenvalue weighted by molar-refractivity contribution is 5.55. The van der Waals surface area contributed by atoms with Gasteiger partial charge in [-0.15, -0.1) is 0 Å². The van der Waals surface area contributed by atoms with Gasteiger partial charge in [-0.05, 0) is 41.3 Å². The zero-order chi connectivity index (χ0) is 22.4. The molecule has 0 amide bonds. The van der Waals surface area contributed by atoms with E-state index in [4.69, 9.17) is 4.74 Å². The van der Waals surface area contributed by atoms with Gasteiger partial charge in [-0.25, -0.2) is 4.39 Å². The number of nitrogens with zero attached hydrogens (tertiary/aromatic N) is 3. The van der Waals surface area contributed by atoms with Crippen LogP contribution < -0.4 is 15.4 Å². The van der Waals surface area contributed by atoms with Crippen molar-refractivity contribution in [2.75, 3.05) is 17.2 Å². The smallest absolute Gasteiger partial charge is 0.422 e. The Labute approximate surface area is 176 Å². The van der Waals surface area contributed by atoms with Crippen molar-refractivity contribution in [1.82, 2.24) is 15.0 Å². The number of halogens is 4. The minimum atomic E-state index is -4.53. The van der Waals surface area contributed by atoms with Crippen LogP contribution in [-0.4, -0.2) is 27.7 Å². The van der Waals surface area contributed by atoms with Crippen LogP contribution in [0, 0.1) is 5.82 Å². The Bertz CT molecular complexity index is 1010. The van der Waals surface area contributed by atoms with Gasteiger partial charge in [-0.1, -0.05) is 38.1 Å². The molecule has 0 saturated carbocycles. The van der Waals surface area contributed by atoms with Crippen LogP contribution in [0.25, 0.3) is 0 Å². The van der Waals surface area contributed by atoms with Crippen LogP contribution in [0.4, 0.5) is 35.1 Å². The summed E-state index contributed by atoms with van der Waals surface area (Å²) in [6.07, 6.45) is -4.53. The molecular formula is C21H21F4N5O. The number of benzene rings is 2. The fraction of sp³-hybridized carbons (Fsp3) is 0.286. The van der Waals surface area contributed by atoms with Gasteiger partial charge in [0, 0.05) is 12.2 Å². The molecule has 0 spiro atoms. The van der Waals surface area contributed by atoms with Gasteiger partial charge in [0.1, 0.15) is 5.82 Å². The van der Waals surface area contributed by atoms with E-state index >= 15 is 0 Å². The third kappa shape index (κ3) is 7.09. The lowest BCUT2D eigenvalue weighted by molar-refractivity contribution is -0.154. The monoisotopic (exact) mass is 435 g/mol. The molecule has 10 heteroatoms. The Morgan fingerprint density at radius 2 is 1.68 bits per heavy atom. The molecule has 0 radical (unpaired) electrons. The number of rotatable bonds is 8. The molecule has 6 nitrogen and oxygen atoms in total. The van der Waals surface area contributed by atoms with Gasteiger partial charge in [0.25, 0.3) is 0 Å². The molecule has 1 aromatic heterocycles. The average Bonchev–Trinajstić information content (AvgIpc) is 2.71.